The highest BCUT2D eigenvalue weighted by atomic mass is 35.5. The average Bonchev–Trinajstić information content (AvgIpc) is 3.17. The third-order valence-corrected chi connectivity index (χ3v) is 6.67. The van der Waals surface area contributed by atoms with Gasteiger partial charge in [-0.3, -0.25) is 5.32 Å². The van der Waals surface area contributed by atoms with Crippen molar-refractivity contribution in [3.63, 3.8) is 0 Å². The van der Waals surface area contributed by atoms with Crippen LogP contribution in [0.1, 0.15) is 18.1 Å². The molecule has 0 saturated heterocycles. The molecule has 0 bridgehead atoms. The van der Waals surface area contributed by atoms with Crippen LogP contribution < -0.4 is 15.8 Å². The summed E-state index contributed by atoms with van der Waals surface area (Å²) >= 11 is 6.00. The summed E-state index contributed by atoms with van der Waals surface area (Å²) in [6.45, 7) is 3.30. The first-order chi connectivity index (χ1) is 16.9. The molecular formula is C29H28ClN3O2. The summed E-state index contributed by atoms with van der Waals surface area (Å²) in [4.78, 5) is 0. The number of ether oxygens (including phenoxy) is 1. The number of rotatable bonds is 8. The van der Waals surface area contributed by atoms with E-state index in [9.17, 15) is 5.11 Å². The number of nitrogens with zero attached hydrogens (tertiary/aromatic N) is 1. The van der Waals surface area contributed by atoms with E-state index in [0.717, 1.165) is 17.8 Å². The van der Waals surface area contributed by atoms with Gasteiger partial charge in [-0.15, -0.1) is 0 Å². The van der Waals surface area contributed by atoms with E-state index in [1.54, 1.807) is 25.1 Å². The number of nitrogens with two attached hydrogens (primary N) is 1. The zero-order chi connectivity index (χ0) is 24.4. The van der Waals surface area contributed by atoms with Gasteiger partial charge in [0.05, 0.1) is 16.2 Å². The van der Waals surface area contributed by atoms with Crippen molar-refractivity contribution >= 4 is 39.1 Å². The zero-order valence-corrected chi connectivity index (χ0v) is 20.3. The number of anilines is 1. The molecule has 1 heterocycles. The van der Waals surface area contributed by atoms with E-state index in [0.29, 0.717) is 29.4 Å². The van der Waals surface area contributed by atoms with Gasteiger partial charge in [0.1, 0.15) is 18.1 Å². The number of fused-ring (bicyclic) bond motifs is 3. The van der Waals surface area contributed by atoms with Crippen molar-refractivity contribution in [2.75, 3.05) is 18.9 Å². The summed E-state index contributed by atoms with van der Waals surface area (Å²) in [5, 5.41) is 16.8. The van der Waals surface area contributed by atoms with Crippen molar-refractivity contribution in [2.24, 2.45) is 0 Å². The van der Waals surface area contributed by atoms with E-state index in [1.165, 1.54) is 21.9 Å². The van der Waals surface area contributed by atoms with Gasteiger partial charge in [0, 0.05) is 41.0 Å². The lowest BCUT2D eigenvalue weighted by Crippen LogP contribution is -2.41. The van der Waals surface area contributed by atoms with Crippen LogP contribution in [0.25, 0.3) is 21.8 Å². The van der Waals surface area contributed by atoms with E-state index in [2.05, 4.69) is 70.5 Å². The van der Waals surface area contributed by atoms with Gasteiger partial charge >= 0.3 is 0 Å². The average molecular weight is 486 g/mol. The minimum Gasteiger partial charge on any atom is -0.492 e. The van der Waals surface area contributed by atoms with E-state index < -0.39 is 5.72 Å². The van der Waals surface area contributed by atoms with Crippen LogP contribution in [-0.2, 0) is 12.3 Å². The Morgan fingerprint density at radius 1 is 0.914 bits per heavy atom. The molecule has 4 N–H and O–H groups in total. The van der Waals surface area contributed by atoms with Crippen molar-refractivity contribution in [2.45, 2.75) is 19.2 Å². The van der Waals surface area contributed by atoms with E-state index in [1.807, 2.05) is 12.1 Å². The van der Waals surface area contributed by atoms with Crippen molar-refractivity contribution in [3.8, 4) is 5.75 Å². The van der Waals surface area contributed by atoms with Crippen molar-refractivity contribution in [3.05, 3.63) is 107 Å². The van der Waals surface area contributed by atoms with E-state index >= 15 is 0 Å². The third kappa shape index (κ3) is 4.84. The quantitative estimate of drug-likeness (QED) is 0.145. The maximum Gasteiger partial charge on any atom is 0.139 e. The van der Waals surface area contributed by atoms with Crippen LogP contribution in [0.3, 0.4) is 0 Å². The van der Waals surface area contributed by atoms with Gasteiger partial charge < -0.3 is 20.1 Å². The molecule has 0 aliphatic carbocycles. The Kier molecular flexibility index (Phi) is 6.39. The summed E-state index contributed by atoms with van der Waals surface area (Å²) in [7, 11) is 0. The van der Waals surface area contributed by atoms with Gasteiger partial charge in [0.25, 0.3) is 0 Å². The Bertz CT molecular complexity index is 1480. The highest BCUT2D eigenvalue weighted by Gasteiger charge is 2.22. The lowest BCUT2D eigenvalue weighted by molar-refractivity contribution is 0.0170. The second-order valence-electron chi connectivity index (χ2n) is 8.85. The summed E-state index contributed by atoms with van der Waals surface area (Å²) in [5.41, 5.74) is 9.28. The molecule has 1 unspecified atom stereocenters. The van der Waals surface area contributed by atoms with Gasteiger partial charge in [-0.05, 0) is 42.8 Å². The van der Waals surface area contributed by atoms with Crippen LogP contribution in [0.5, 0.6) is 5.75 Å². The number of nitrogens with one attached hydrogen (secondary N) is 1. The van der Waals surface area contributed by atoms with E-state index in [4.69, 9.17) is 22.1 Å². The molecule has 1 atom stereocenters. The smallest absolute Gasteiger partial charge is 0.139 e. The van der Waals surface area contributed by atoms with Gasteiger partial charge in [-0.2, -0.15) is 0 Å². The number of hydrogen-bond acceptors (Lipinski definition) is 4. The molecule has 0 radical (unpaired) electrons. The van der Waals surface area contributed by atoms with E-state index in [-0.39, 0.29) is 0 Å². The summed E-state index contributed by atoms with van der Waals surface area (Å²) < 4.78 is 8.39. The Morgan fingerprint density at radius 2 is 1.66 bits per heavy atom. The molecule has 0 spiro atoms. The fourth-order valence-electron chi connectivity index (χ4n) is 4.47. The molecule has 5 nitrogen and oxygen atoms in total. The molecule has 0 fully saturated rings. The molecule has 35 heavy (non-hydrogen) atoms. The molecular weight excluding hydrogens is 458 g/mol. The van der Waals surface area contributed by atoms with Gasteiger partial charge in [0.15, 0.2) is 0 Å². The number of hydrogen-bond donors (Lipinski definition) is 3. The zero-order valence-electron chi connectivity index (χ0n) is 19.5. The molecule has 4 aromatic carbocycles. The molecule has 6 heteroatoms. The lowest BCUT2D eigenvalue weighted by atomic mass is 10.0. The molecule has 0 aliphatic rings. The number of aromatic nitrogens is 1. The van der Waals surface area contributed by atoms with Crippen molar-refractivity contribution in [1.29, 1.82) is 0 Å². The lowest BCUT2D eigenvalue weighted by Gasteiger charge is -2.26. The van der Waals surface area contributed by atoms with Crippen molar-refractivity contribution in [1.82, 2.24) is 9.88 Å². The Hall–Kier alpha value is -3.51. The predicted octanol–water partition coefficient (Wildman–Crippen LogP) is 5.91. The Morgan fingerprint density at radius 3 is 2.46 bits per heavy atom. The standard InChI is InChI=1S/C29H28ClN3O2/c1-29(34,21-11-14-25(30)26(31)17-21)32-15-16-35-22-12-13-24-23-9-5-6-10-27(23)33(28(24)18-22)19-20-7-3-2-4-8-20/h2-14,17-18,32,34H,15-16,19,31H2,1H3. The minimum atomic E-state index is -1.26. The predicted molar refractivity (Wildman–Crippen MR) is 144 cm³/mol. The summed E-state index contributed by atoms with van der Waals surface area (Å²) in [6, 6.07) is 30.3. The highest BCUT2D eigenvalue weighted by Crippen LogP contribution is 2.32. The Labute approximate surface area is 209 Å². The number of nitrogen functional groups attached to an aromatic ring is 1. The summed E-state index contributed by atoms with van der Waals surface area (Å²) in [5.74, 6) is 0.784. The van der Waals surface area contributed by atoms with Crippen LogP contribution in [-0.4, -0.2) is 22.8 Å². The molecule has 0 aliphatic heterocycles. The maximum absolute atomic E-state index is 10.8. The molecule has 5 rings (SSSR count). The fraction of sp³-hybridized carbons (Fsp3) is 0.172. The molecule has 178 valence electrons. The van der Waals surface area contributed by atoms with Gasteiger partial charge in [-0.25, -0.2) is 0 Å². The Balaban J connectivity index is 1.33. The molecule has 0 saturated carbocycles. The van der Waals surface area contributed by atoms with Crippen molar-refractivity contribution < 1.29 is 9.84 Å². The van der Waals surface area contributed by atoms with Crippen LogP contribution in [0.2, 0.25) is 5.02 Å². The fourth-order valence-corrected chi connectivity index (χ4v) is 4.58. The topological polar surface area (TPSA) is 72.4 Å². The number of halogens is 1. The first-order valence-corrected chi connectivity index (χ1v) is 12.0. The molecule has 5 aromatic rings. The highest BCUT2D eigenvalue weighted by molar-refractivity contribution is 6.33. The van der Waals surface area contributed by atoms with Crippen LogP contribution in [0, 0.1) is 0 Å². The monoisotopic (exact) mass is 485 g/mol. The first-order valence-electron chi connectivity index (χ1n) is 11.6. The SMILES string of the molecule is CC(O)(NCCOc1ccc2c3ccccc3n(Cc3ccccc3)c2c1)c1ccc(Cl)c(N)c1. The largest absolute Gasteiger partial charge is 0.492 e. The maximum atomic E-state index is 10.8. The second kappa shape index (κ2) is 9.62. The first kappa shape index (κ1) is 23.2. The number of benzene rings is 4. The molecule has 0 amide bonds. The molecule has 1 aromatic heterocycles. The third-order valence-electron chi connectivity index (χ3n) is 6.33. The minimum absolute atomic E-state index is 0.393. The summed E-state index contributed by atoms with van der Waals surface area (Å²) in [6.07, 6.45) is 0. The van der Waals surface area contributed by atoms with Crippen LogP contribution >= 0.6 is 11.6 Å². The van der Waals surface area contributed by atoms with Crippen LogP contribution in [0.15, 0.2) is 91.0 Å². The number of aliphatic hydroxyl groups is 1. The normalized spacial score (nSPS) is 13.2. The van der Waals surface area contributed by atoms with Gasteiger partial charge in [-0.1, -0.05) is 66.2 Å². The second-order valence-corrected chi connectivity index (χ2v) is 9.26. The number of para-hydroxylation sites is 1. The van der Waals surface area contributed by atoms with Gasteiger partial charge in [0.2, 0.25) is 0 Å². The van der Waals surface area contributed by atoms with Crippen LogP contribution in [0.4, 0.5) is 5.69 Å².